The van der Waals surface area contributed by atoms with E-state index in [-0.39, 0.29) is 6.61 Å². The molecule has 2 aromatic rings. The molecule has 0 saturated carbocycles. The summed E-state index contributed by atoms with van der Waals surface area (Å²) < 4.78 is 7.16. The van der Waals surface area contributed by atoms with Crippen LogP contribution in [0.4, 0.5) is 0 Å². The van der Waals surface area contributed by atoms with Gasteiger partial charge in [-0.1, -0.05) is 24.3 Å². The second-order valence-electron chi connectivity index (χ2n) is 3.97. The lowest BCUT2D eigenvalue weighted by atomic mass is 10.1. The van der Waals surface area contributed by atoms with Crippen LogP contribution < -0.4 is 4.74 Å². The molecule has 1 heterocycles. The van der Waals surface area contributed by atoms with Gasteiger partial charge in [-0.25, -0.2) is 4.68 Å². The molecule has 0 aliphatic carbocycles. The Labute approximate surface area is 106 Å². The Morgan fingerprint density at radius 3 is 2.78 bits per heavy atom. The number of para-hydroxylation sites is 1. The summed E-state index contributed by atoms with van der Waals surface area (Å²) in [6.07, 6.45) is 0.955. The average molecular weight is 247 g/mol. The minimum atomic E-state index is -0.128. The second-order valence-corrected chi connectivity index (χ2v) is 3.97. The number of benzene rings is 1. The van der Waals surface area contributed by atoms with Gasteiger partial charge in [0.2, 0.25) is 0 Å². The standard InChI is InChI=1S/C13H17N3O2/c1-3-8-16-13(11(9-17)14-15-16)10-6-4-5-7-12(10)18-2/h4-7,17H,3,8-9H2,1-2H3. The molecule has 5 heteroatoms. The molecule has 2 rings (SSSR count). The Morgan fingerprint density at radius 1 is 1.33 bits per heavy atom. The van der Waals surface area contributed by atoms with Crippen molar-refractivity contribution in [3.63, 3.8) is 0 Å². The van der Waals surface area contributed by atoms with Crippen LogP contribution in [0.2, 0.25) is 0 Å². The summed E-state index contributed by atoms with van der Waals surface area (Å²) >= 11 is 0. The van der Waals surface area contributed by atoms with Gasteiger partial charge in [0.15, 0.2) is 0 Å². The molecule has 0 radical (unpaired) electrons. The Hall–Kier alpha value is -1.88. The summed E-state index contributed by atoms with van der Waals surface area (Å²) in [6, 6.07) is 7.68. The number of aryl methyl sites for hydroxylation is 1. The molecule has 0 bridgehead atoms. The van der Waals surface area contributed by atoms with Crippen LogP contribution in [-0.4, -0.2) is 27.2 Å². The van der Waals surface area contributed by atoms with E-state index in [2.05, 4.69) is 17.2 Å². The van der Waals surface area contributed by atoms with Gasteiger partial charge in [-0.05, 0) is 18.6 Å². The van der Waals surface area contributed by atoms with E-state index in [1.54, 1.807) is 7.11 Å². The van der Waals surface area contributed by atoms with E-state index in [9.17, 15) is 5.11 Å². The van der Waals surface area contributed by atoms with Crippen LogP contribution in [0.3, 0.4) is 0 Å². The SMILES string of the molecule is CCCn1nnc(CO)c1-c1ccccc1OC. The van der Waals surface area contributed by atoms with Crippen LogP contribution in [-0.2, 0) is 13.2 Å². The summed E-state index contributed by atoms with van der Waals surface area (Å²) in [7, 11) is 1.63. The van der Waals surface area contributed by atoms with Crippen LogP contribution in [0, 0.1) is 0 Å². The highest BCUT2D eigenvalue weighted by Gasteiger charge is 2.17. The third-order valence-electron chi connectivity index (χ3n) is 2.75. The normalized spacial score (nSPS) is 10.6. The van der Waals surface area contributed by atoms with Crippen molar-refractivity contribution in [1.82, 2.24) is 15.0 Å². The molecule has 1 N–H and O–H groups in total. The summed E-state index contributed by atoms with van der Waals surface area (Å²) in [4.78, 5) is 0. The highest BCUT2D eigenvalue weighted by molar-refractivity contribution is 5.69. The minimum absolute atomic E-state index is 0.128. The number of rotatable bonds is 5. The monoisotopic (exact) mass is 247 g/mol. The molecule has 0 saturated heterocycles. The molecule has 96 valence electrons. The van der Waals surface area contributed by atoms with Gasteiger partial charge in [-0.2, -0.15) is 0 Å². The van der Waals surface area contributed by atoms with Gasteiger partial charge in [0.1, 0.15) is 11.4 Å². The van der Waals surface area contributed by atoms with E-state index in [4.69, 9.17) is 4.74 Å². The molecule has 0 spiro atoms. The first kappa shape index (κ1) is 12.6. The van der Waals surface area contributed by atoms with Crippen molar-refractivity contribution >= 4 is 0 Å². The zero-order valence-electron chi connectivity index (χ0n) is 10.6. The van der Waals surface area contributed by atoms with E-state index >= 15 is 0 Å². The van der Waals surface area contributed by atoms with Crippen molar-refractivity contribution < 1.29 is 9.84 Å². The molecule has 5 nitrogen and oxygen atoms in total. The van der Waals surface area contributed by atoms with Crippen molar-refractivity contribution in [2.45, 2.75) is 26.5 Å². The first-order valence-electron chi connectivity index (χ1n) is 5.98. The Kier molecular flexibility index (Phi) is 3.94. The third-order valence-corrected chi connectivity index (χ3v) is 2.75. The maximum Gasteiger partial charge on any atom is 0.128 e. The molecule has 0 amide bonds. The number of aliphatic hydroxyl groups excluding tert-OH is 1. The molecular formula is C13H17N3O2. The van der Waals surface area contributed by atoms with Crippen molar-refractivity contribution in [2.75, 3.05) is 7.11 Å². The average Bonchev–Trinajstić information content (AvgIpc) is 2.82. The molecule has 0 aliphatic rings. The number of nitrogens with zero attached hydrogens (tertiary/aromatic N) is 3. The van der Waals surface area contributed by atoms with Gasteiger partial charge in [0.25, 0.3) is 0 Å². The van der Waals surface area contributed by atoms with Gasteiger partial charge in [0.05, 0.1) is 19.4 Å². The topological polar surface area (TPSA) is 60.2 Å². The van der Waals surface area contributed by atoms with E-state index < -0.39 is 0 Å². The lowest BCUT2D eigenvalue weighted by Crippen LogP contribution is -2.03. The van der Waals surface area contributed by atoms with E-state index in [0.717, 1.165) is 30.0 Å². The van der Waals surface area contributed by atoms with Crippen molar-refractivity contribution in [3.8, 4) is 17.0 Å². The molecule has 0 atom stereocenters. The number of aliphatic hydroxyl groups is 1. The fourth-order valence-electron chi connectivity index (χ4n) is 1.96. The number of aromatic nitrogens is 3. The Morgan fingerprint density at radius 2 is 2.11 bits per heavy atom. The van der Waals surface area contributed by atoms with Crippen LogP contribution in [0.1, 0.15) is 19.0 Å². The molecule has 18 heavy (non-hydrogen) atoms. The summed E-state index contributed by atoms with van der Waals surface area (Å²) in [5.41, 5.74) is 2.31. The predicted molar refractivity (Wildman–Crippen MR) is 68.2 cm³/mol. The zero-order valence-corrected chi connectivity index (χ0v) is 10.6. The van der Waals surface area contributed by atoms with Gasteiger partial charge in [-0.15, -0.1) is 5.10 Å². The van der Waals surface area contributed by atoms with Crippen LogP contribution in [0.5, 0.6) is 5.75 Å². The first-order chi connectivity index (χ1) is 8.81. The van der Waals surface area contributed by atoms with E-state index in [1.165, 1.54) is 0 Å². The maximum absolute atomic E-state index is 9.37. The van der Waals surface area contributed by atoms with Crippen LogP contribution in [0.15, 0.2) is 24.3 Å². The van der Waals surface area contributed by atoms with Gasteiger partial charge in [-0.3, -0.25) is 0 Å². The van der Waals surface area contributed by atoms with Gasteiger partial charge in [0, 0.05) is 12.1 Å². The summed E-state index contributed by atoms with van der Waals surface area (Å²) in [5, 5.41) is 17.5. The number of ether oxygens (including phenoxy) is 1. The zero-order chi connectivity index (χ0) is 13.0. The molecule has 1 aromatic heterocycles. The fourth-order valence-corrected chi connectivity index (χ4v) is 1.96. The van der Waals surface area contributed by atoms with Crippen molar-refractivity contribution in [2.24, 2.45) is 0 Å². The number of hydrogen-bond acceptors (Lipinski definition) is 4. The molecule has 1 aromatic carbocycles. The smallest absolute Gasteiger partial charge is 0.128 e. The Bertz CT molecular complexity index is 523. The first-order valence-corrected chi connectivity index (χ1v) is 5.98. The van der Waals surface area contributed by atoms with Crippen LogP contribution in [0.25, 0.3) is 11.3 Å². The minimum Gasteiger partial charge on any atom is -0.496 e. The highest BCUT2D eigenvalue weighted by atomic mass is 16.5. The molecule has 0 unspecified atom stereocenters. The van der Waals surface area contributed by atoms with E-state index in [0.29, 0.717) is 5.69 Å². The summed E-state index contributed by atoms with van der Waals surface area (Å²) in [5.74, 6) is 0.756. The Balaban J connectivity index is 2.57. The predicted octanol–water partition coefficient (Wildman–Crippen LogP) is 1.86. The fraction of sp³-hybridized carbons (Fsp3) is 0.385. The quantitative estimate of drug-likeness (QED) is 0.876. The maximum atomic E-state index is 9.37. The van der Waals surface area contributed by atoms with Gasteiger partial charge >= 0.3 is 0 Å². The van der Waals surface area contributed by atoms with E-state index in [1.807, 2.05) is 28.9 Å². The van der Waals surface area contributed by atoms with Crippen molar-refractivity contribution in [1.29, 1.82) is 0 Å². The largest absolute Gasteiger partial charge is 0.496 e. The third kappa shape index (κ3) is 2.22. The number of methoxy groups -OCH3 is 1. The highest BCUT2D eigenvalue weighted by Crippen LogP contribution is 2.31. The lowest BCUT2D eigenvalue weighted by molar-refractivity contribution is 0.277. The summed E-state index contributed by atoms with van der Waals surface area (Å²) in [6.45, 7) is 2.71. The van der Waals surface area contributed by atoms with Gasteiger partial charge < -0.3 is 9.84 Å². The van der Waals surface area contributed by atoms with Crippen LogP contribution >= 0.6 is 0 Å². The molecule has 0 fully saturated rings. The lowest BCUT2D eigenvalue weighted by Gasteiger charge is -2.10. The second kappa shape index (κ2) is 5.64. The molecular weight excluding hydrogens is 230 g/mol. The molecule has 0 aliphatic heterocycles. The number of hydrogen-bond donors (Lipinski definition) is 1. The van der Waals surface area contributed by atoms with Crippen molar-refractivity contribution in [3.05, 3.63) is 30.0 Å².